The minimum Gasteiger partial charge on any atom is -0.476 e. The molecule has 0 spiro atoms. The molecule has 8 nitrogen and oxygen atoms in total. The predicted octanol–water partition coefficient (Wildman–Crippen LogP) is 4.88. The van der Waals surface area contributed by atoms with Crippen LogP contribution in [-0.2, 0) is 9.53 Å². The zero-order valence-corrected chi connectivity index (χ0v) is 23.4. The van der Waals surface area contributed by atoms with Gasteiger partial charge in [0.05, 0.1) is 17.2 Å². The van der Waals surface area contributed by atoms with Crippen molar-refractivity contribution >= 4 is 40.8 Å². The lowest BCUT2D eigenvalue weighted by Gasteiger charge is -2.41. The number of methoxy groups -OCH3 is 1. The Morgan fingerprint density at radius 1 is 1.22 bits per heavy atom. The van der Waals surface area contributed by atoms with Crippen LogP contribution in [0, 0.1) is 0 Å². The Kier molecular flexibility index (Phi) is 10.4. The molecule has 0 radical (unpaired) electrons. The molecule has 1 aliphatic heterocycles. The van der Waals surface area contributed by atoms with Gasteiger partial charge >= 0.3 is 0 Å². The normalized spacial score (nSPS) is 17.8. The number of benzene rings is 1. The lowest BCUT2D eigenvalue weighted by molar-refractivity contribution is -0.135. The Morgan fingerprint density at radius 3 is 2.65 bits per heavy atom. The number of rotatable bonds is 11. The summed E-state index contributed by atoms with van der Waals surface area (Å²) in [5, 5.41) is 6.84. The smallest absolute Gasteiger partial charge is 0.263 e. The molecule has 1 fully saturated rings. The number of hydrogen-bond acceptors (Lipinski definition) is 6. The van der Waals surface area contributed by atoms with E-state index >= 15 is 0 Å². The number of piperidine rings is 1. The molecule has 0 aliphatic carbocycles. The van der Waals surface area contributed by atoms with Gasteiger partial charge in [0.2, 0.25) is 0 Å². The quantitative estimate of drug-likeness (QED) is 0.387. The Hall–Kier alpha value is -2.55. The summed E-state index contributed by atoms with van der Waals surface area (Å²) in [7, 11) is 1.59. The van der Waals surface area contributed by atoms with Gasteiger partial charge in [-0.2, -0.15) is 0 Å². The molecule has 10 heteroatoms. The van der Waals surface area contributed by atoms with E-state index in [9.17, 15) is 9.59 Å². The van der Waals surface area contributed by atoms with Crippen molar-refractivity contribution in [3.8, 4) is 5.75 Å². The number of aromatic nitrogens is 1. The van der Waals surface area contributed by atoms with Gasteiger partial charge in [0.15, 0.2) is 5.60 Å². The third-order valence-corrected chi connectivity index (χ3v) is 6.91. The minimum atomic E-state index is -1.12. The van der Waals surface area contributed by atoms with Crippen molar-refractivity contribution in [3.05, 3.63) is 52.1 Å². The van der Waals surface area contributed by atoms with Gasteiger partial charge in [0.1, 0.15) is 11.6 Å². The molecule has 1 aromatic heterocycles. The van der Waals surface area contributed by atoms with Gasteiger partial charge in [-0.3, -0.25) is 9.59 Å². The summed E-state index contributed by atoms with van der Waals surface area (Å²) < 4.78 is 10.9. The van der Waals surface area contributed by atoms with Crippen LogP contribution in [0.3, 0.4) is 0 Å². The van der Waals surface area contributed by atoms with Crippen LogP contribution in [0.1, 0.15) is 56.8 Å². The Bertz CT molecular complexity index is 1060. The average molecular weight is 552 g/mol. The van der Waals surface area contributed by atoms with Crippen LogP contribution in [-0.4, -0.2) is 61.3 Å². The third kappa shape index (κ3) is 7.97. The SMILES string of the molecule is CCCC1CC(NC(=O)C(C)(C)Oc2ccc(Cl)cc2Cl)CCN1c1ccc(C(=O)NCCOC)cn1. The lowest BCUT2D eigenvalue weighted by Crippen LogP contribution is -2.55. The van der Waals surface area contributed by atoms with Crippen molar-refractivity contribution in [2.75, 3.05) is 31.7 Å². The fourth-order valence-corrected chi connectivity index (χ4v) is 4.84. The van der Waals surface area contributed by atoms with E-state index in [0.717, 1.165) is 38.0 Å². The largest absolute Gasteiger partial charge is 0.476 e. The van der Waals surface area contributed by atoms with E-state index in [4.69, 9.17) is 32.7 Å². The minimum absolute atomic E-state index is 0.00898. The van der Waals surface area contributed by atoms with E-state index in [-0.39, 0.29) is 23.9 Å². The number of nitrogens with zero attached hydrogens (tertiary/aromatic N) is 2. The fourth-order valence-electron chi connectivity index (χ4n) is 4.39. The number of carbonyl (C=O) groups is 2. The first-order valence-electron chi connectivity index (χ1n) is 12.6. The second-order valence-corrected chi connectivity index (χ2v) is 10.5. The van der Waals surface area contributed by atoms with Crippen LogP contribution in [0.5, 0.6) is 5.75 Å². The van der Waals surface area contributed by atoms with E-state index < -0.39 is 5.60 Å². The summed E-state index contributed by atoms with van der Waals surface area (Å²) in [6, 6.07) is 8.84. The van der Waals surface area contributed by atoms with Crippen molar-refractivity contribution in [1.29, 1.82) is 0 Å². The number of amides is 2. The van der Waals surface area contributed by atoms with Crippen LogP contribution in [0.25, 0.3) is 0 Å². The topological polar surface area (TPSA) is 92.8 Å². The highest BCUT2D eigenvalue weighted by atomic mass is 35.5. The van der Waals surface area contributed by atoms with Crippen molar-refractivity contribution in [3.63, 3.8) is 0 Å². The van der Waals surface area contributed by atoms with E-state index in [2.05, 4.69) is 27.4 Å². The van der Waals surface area contributed by atoms with Gasteiger partial charge in [-0.15, -0.1) is 0 Å². The number of nitrogens with one attached hydrogen (secondary N) is 2. The molecule has 2 unspecified atom stereocenters. The van der Waals surface area contributed by atoms with Crippen LogP contribution >= 0.6 is 23.2 Å². The van der Waals surface area contributed by atoms with E-state index in [1.165, 1.54) is 0 Å². The number of carbonyl (C=O) groups excluding carboxylic acids is 2. The monoisotopic (exact) mass is 550 g/mol. The summed E-state index contributed by atoms with van der Waals surface area (Å²) in [5.74, 6) is 0.867. The standard InChI is InChI=1S/C27H36Cl2N4O4/c1-5-6-21-16-20(32-26(35)27(2,3)37-23-9-8-19(28)15-22(23)29)11-13-33(21)24-10-7-18(17-31-24)25(34)30-12-14-36-4/h7-10,15,17,20-21H,5-6,11-14,16H2,1-4H3,(H,30,34)(H,32,35). The molecule has 2 aromatic rings. The molecule has 0 saturated carbocycles. The number of halogens is 2. The number of hydrogen-bond donors (Lipinski definition) is 2. The van der Waals surface area contributed by atoms with Crippen molar-refractivity contribution < 1.29 is 19.1 Å². The van der Waals surface area contributed by atoms with Crippen molar-refractivity contribution in [1.82, 2.24) is 15.6 Å². The van der Waals surface area contributed by atoms with Crippen LogP contribution in [0.15, 0.2) is 36.5 Å². The number of pyridine rings is 1. The molecule has 1 saturated heterocycles. The van der Waals surface area contributed by atoms with Crippen molar-refractivity contribution in [2.45, 2.75) is 64.1 Å². The molecule has 202 valence electrons. The first-order valence-corrected chi connectivity index (χ1v) is 13.3. The Morgan fingerprint density at radius 2 is 2.00 bits per heavy atom. The molecular weight excluding hydrogens is 515 g/mol. The molecule has 0 bridgehead atoms. The van der Waals surface area contributed by atoms with Gasteiger partial charge in [-0.05, 0) is 63.4 Å². The first kappa shape index (κ1) is 29.0. The number of anilines is 1. The average Bonchev–Trinajstić information content (AvgIpc) is 2.86. The number of ether oxygens (including phenoxy) is 2. The molecular formula is C27H36Cl2N4O4. The summed E-state index contributed by atoms with van der Waals surface area (Å²) in [5.41, 5.74) is -0.604. The van der Waals surface area contributed by atoms with Crippen LogP contribution in [0.4, 0.5) is 5.82 Å². The molecule has 3 rings (SSSR count). The van der Waals surface area contributed by atoms with Gasteiger partial charge in [-0.1, -0.05) is 36.5 Å². The van der Waals surface area contributed by atoms with E-state index in [1.54, 1.807) is 51.4 Å². The molecule has 2 N–H and O–H groups in total. The zero-order chi connectivity index (χ0) is 27.0. The molecule has 2 heterocycles. The Labute approximate surface area is 229 Å². The summed E-state index contributed by atoms with van der Waals surface area (Å²) in [6.45, 7) is 7.25. The highest BCUT2D eigenvalue weighted by Crippen LogP contribution is 2.31. The van der Waals surface area contributed by atoms with E-state index in [0.29, 0.717) is 34.5 Å². The second-order valence-electron chi connectivity index (χ2n) is 9.67. The molecule has 2 atom stereocenters. The van der Waals surface area contributed by atoms with Gasteiger partial charge in [-0.25, -0.2) is 4.98 Å². The van der Waals surface area contributed by atoms with Crippen LogP contribution in [0.2, 0.25) is 10.0 Å². The molecule has 2 amide bonds. The molecule has 1 aromatic carbocycles. The Balaban J connectivity index is 1.61. The summed E-state index contributed by atoms with van der Waals surface area (Å²) in [4.78, 5) is 32.3. The van der Waals surface area contributed by atoms with Crippen LogP contribution < -0.4 is 20.3 Å². The molecule has 1 aliphatic rings. The predicted molar refractivity (Wildman–Crippen MR) is 147 cm³/mol. The van der Waals surface area contributed by atoms with Gasteiger partial charge in [0, 0.05) is 43.5 Å². The van der Waals surface area contributed by atoms with Crippen molar-refractivity contribution in [2.24, 2.45) is 0 Å². The fraction of sp³-hybridized carbons (Fsp3) is 0.519. The molecule has 37 heavy (non-hydrogen) atoms. The first-order chi connectivity index (χ1) is 17.6. The second kappa shape index (κ2) is 13.3. The highest BCUT2D eigenvalue weighted by Gasteiger charge is 2.35. The maximum Gasteiger partial charge on any atom is 0.263 e. The summed E-state index contributed by atoms with van der Waals surface area (Å²) >= 11 is 12.2. The zero-order valence-electron chi connectivity index (χ0n) is 21.9. The highest BCUT2D eigenvalue weighted by molar-refractivity contribution is 6.35. The third-order valence-electron chi connectivity index (χ3n) is 6.37. The van der Waals surface area contributed by atoms with Gasteiger partial charge in [0.25, 0.3) is 11.8 Å². The lowest BCUT2D eigenvalue weighted by atomic mass is 9.93. The maximum absolute atomic E-state index is 13.2. The summed E-state index contributed by atoms with van der Waals surface area (Å²) in [6.07, 6.45) is 5.14. The van der Waals surface area contributed by atoms with E-state index in [1.807, 2.05) is 6.07 Å². The maximum atomic E-state index is 13.2. The van der Waals surface area contributed by atoms with Gasteiger partial charge < -0.3 is 25.0 Å².